The van der Waals surface area contributed by atoms with Crippen LogP contribution in [0, 0.1) is 0 Å². The molecule has 2 aromatic rings. The molecule has 0 fully saturated rings. The van der Waals surface area contributed by atoms with Crippen LogP contribution in [-0.4, -0.2) is 39.1 Å². The monoisotopic (exact) mass is 362 g/mol. The second-order valence-electron chi connectivity index (χ2n) is 5.06. The van der Waals surface area contributed by atoms with Crippen LogP contribution >= 0.6 is 11.6 Å². The van der Waals surface area contributed by atoms with Crippen molar-refractivity contribution in [2.24, 2.45) is 0 Å². The molecular weight excluding hydrogens is 344 g/mol. The van der Waals surface area contributed by atoms with Gasteiger partial charge in [0.25, 0.3) is 11.8 Å². The van der Waals surface area contributed by atoms with Crippen LogP contribution in [0.2, 0.25) is 5.02 Å². The first kappa shape index (κ1) is 18.6. The fourth-order valence-electron chi connectivity index (χ4n) is 2.17. The lowest BCUT2D eigenvalue weighted by atomic mass is 10.2. The Hall–Kier alpha value is -2.73. The summed E-state index contributed by atoms with van der Waals surface area (Å²) in [4.78, 5) is 24.1. The topological polar surface area (TPSA) is 76.7 Å². The van der Waals surface area contributed by atoms with Crippen molar-refractivity contribution in [3.63, 3.8) is 0 Å². The van der Waals surface area contributed by atoms with E-state index in [4.69, 9.17) is 21.1 Å². The first-order chi connectivity index (χ1) is 12.1. The Morgan fingerprint density at radius 2 is 1.56 bits per heavy atom. The van der Waals surface area contributed by atoms with Crippen molar-refractivity contribution in [1.82, 2.24) is 10.6 Å². The Morgan fingerprint density at radius 3 is 2.20 bits per heavy atom. The van der Waals surface area contributed by atoms with Crippen molar-refractivity contribution in [3.05, 3.63) is 58.6 Å². The van der Waals surface area contributed by atoms with Crippen LogP contribution in [0.5, 0.6) is 11.5 Å². The molecule has 0 spiro atoms. The van der Waals surface area contributed by atoms with Crippen LogP contribution in [0.3, 0.4) is 0 Å². The molecule has 0 atom stereocenters. The van der Waals surface area contributed by atoms with Crippen LogP contribution in [-0.2, 0) is 0 Å². The summed E-state index contributed by atoms with van der Waals surface area (Å²) in [7, 11) is 3.03. The standard InChI is InChI=1S/C18H19ClN2O4/c1-24-15-8-7-12(11-16(15)25-2)17(22)20-9-10-21-18(23)13-5-3-4-6-14(13)19/h3-8,11H,9-10H2,1-2H3,(H,20,22)(H,21,23). The minimum atomic E-state index is -0.286. The van der Waals surface area contributed by atoms with Gasteiger partial charge in [-0.05, 0) is 30.3 Å². The summed E-state index contributed by atoms with van der Waals surface area (Å²) in [6, 6.07) is 11.7. The number of carbonyl (C=O) groups excluding carboxylic acids is 2. The third-order valence-corrected chi connectivity index (χ3v) is 3.79. The molecule has 132 valence electrons. The molecule has 7 heteroatoms. The summed E-state index contributed by atoms with van der Waals surface area (Å²) in [6.45, 7) is 0.562. The van der Waals surface area contributed by atoms with Gasteiger partial charge in [0.2, 0.25) is 0 Å². The van der Waals surface area contributed by atoms with E-state index in [-0.39, 0.29) is 24.9 Å². The van der Waals surface area contributed by atoms with Gasteiger partial charge in [-0.25, -0.2) is 0 Å². The maximum atomic E-state index is 12.1. The zero-order valence-electron chi connectivity index (χ0n) is 14.0. The van der Waals surface area contributed by atoms with E-state index in [0.29, 0.717) is 27.6 Å². The van der Waals surface area contributed by atoms with Gasteiger partial charge in [-0.3, -0.25) is 9.59 Å². The van der Waals surface area contributed by atoms with Crippen LogP contribution < -0.4 is 20.1 Å². The average molecular weight is 363 g/mol. The second kappa shape index (κ2) is 8.94. The van der Waals surface area contributed by atoms with Crippen molar-refractivity contribution in [3.8, 4) is 11.5 Å². The second-order valence-corrected chi connectivity index (χ2v) is 5.47. The van der Waals surface area contributed by atoms with Crippen LogP contribution in [0.1, 0.15) is 20.7 Å². The third kappa shape index (κ3) is 4.87. The number of nitrogens with one attached hydrogen (secondary N) is 2. The van der Waals surface area contributed by atoms with Gasteiger partial charge < -0.3 is 20.1 Å². The SMILES string of the molecule is COc1ccc(C(=O)NCCNC(=O)c2ccccc2Cl)cc1OC. The lowest BCUT2D eigenvalue weighted by molar-refractivity contribution is 0.0927. The van der Waals surface area contributed by atoms with Gasteiger partial charge >= 0.3 is 0 Å². The molecular formula is C18H19ClN2O4. The molecule has 0 aliphatic rings. The molecule has 0 radical (unpaired) electrons. The fraction of sp³-hybridized carbons (Fsp3) is 0.222. The molecule has 0 aromatic heterocycles. The summed E-state index contributed by atoms with van der Waals surface area (Å²) < 4.78 is 10.3. The molecule has 0 aliphatic heterocycles. The molecule has 6 nitrogen and oxygen atoms in total. The highest BCUT2D eigenvalue weighted by Gasteiger charge is 2.11. The summed E-state index contributed by atoms with van der Waals surface area (Å²) in [6.07, 6.45) is 0. The molecule has 0 saturated heterocycles. The van der Waals surface area contributed by atoms with Crippen molar-refractivity contribution in [2.75, 3.05) is 27.3 Å². The first-order valence-corrected chi connectivity index (χ1v) is 7.97. The molecule has 25 heavy (non-hydrogen) atoms. The number of ether oxygens (including phenoxy) is 2. The fourth-order valence-corrected chi connectivity index (χ4v) is 2.39. The molecule has 2 rings (SSSR count). The first-order valence-electron chi connectivity index (χ1n) is 7.59. The Bertz CT molecular complexity index is 764. The van der Waals surface area contributed by atoms with Gasteiger partial charge in [0.15, 0.2) is 11.5 Å². The van der Waals surface area contributed by atoms with Crippen LogP contribution in [0.25, 0.3) is 0 Å². The van der Waals surface area contributed by atoms with Gasteiger partial charge in [0, 0.05) is 18.7 Å². The number of hydrogen-bond donors (Lipinski definition) is 2. The molecule has 0 aliphatic carbocycles. The van der Waals surface area contributed by atoms with Crippen LogP contribution in [0.4, 0.5) is 0 Å². The maximum absolute atomic E-state index is 12.1. The Morgan fingerprint density at radius 1 is 0.920 bits per heavy atom. The Kier molecular flexibility index (Phi) is 6.65. The summed E-state index contributed by atoms with van der Waals surface area (Å²) in [5.41, 5.74) is 0.838. The predicted molar refractivity (Wildman–Crippen MR) is 95.7 cm³/mol. The van der Waals surface area contributed by atoms with E-state index in [1.54, 1.807) is 42.5 Å². The summed E-state index contributed by atoms with van der Waals surface area (Å²) in [5.74, 6) is 0.465. The van der Waals surface area contributed by atoms with Crippen LogP contribution in [0.15, 0.2) is 42.5 Å². The minimum Gasteiger partial charge on any atom is -0.493 e. The number of methoxy groups -OCH3 is 2. The number of hydrogen-bond acceptors (Lipinski definition) is 4. The molecule has 0 bridgehead atoms. The van der Waals surface area contributed by atoms with Gasteiger partial charge in [-0.1, -0.05) is 23.7 Å². The van der Waals surface area contributed by atoms with E-state index in [2.05, 4.69) is 10.6 Å². The summed E-state index contributed by atoms with van der Waals surface area (Å²) >= 11 is 5.96. The number of benzene rings is 2. The Labute approximate surface area is 151 Å². The highest BCUT2D eigenvalue weighted by molar-refractivity contribution is 6.33. The molecule has 2 N–H and O–H groups in total. The van der Waals surface area contributed by atoms with Gasteiger partial charge in [-0.2, -0.15) is 0 Å². The number of halogens is 1. The molecule has 2 aromatic carbocycles. The normalized spacial score (nSPS) is 10.0. The molecule has 0 saturated carbocycles. The van der Waals surface area contributed by atoms with Crippen molar-refractivity contribution in [1.29, 1.82) is 0 Å². The smallest absolute Gasteiger partial charge is 0.252 e. The highest BCUT2D eigenvalue weighted by atomic mass is 35.5. The largest absolute Gasteiger partial charge is 0.493 e. The van der Waals surface area contributed by atoms with E-state index in [1.807, 2.05) is 0 Å². The highest BCUT2D eigenvalue weighted by Crippen LogP contribution is 2.27. The maximum Gasteiger partial charge on any atom is 0.252 e. The number of amides is 2. The van der Waals surface area contributed by atoms with Crippen molar-refractivity contribution < 1.29 is 19.1 Å². The lowest BCUT2D eigenvalue weighted by Gasteiger charge is -2.10. The van der Waals surface area contributed by atoms with Crippen molar-refractivity contribution in [2.45, 2.75) is 0 Å². The van der Waals surface area contributed by atoms with Gasteiger partial charge in [-0.15, -0.1) is 0 Å². The summed E-state index contributed by atoms with van der Waals surface area (Å²) in [5, 5.41) is 5.81. The predicted octanol–water partition coefficient (Wildman–Crippen LogP) is 2.52. The van der Waals surface area contributed by atoms with E-state index < -0.39 is 0 Å². The average Bonchev–Trinajstić information content (AvgIpc) is 2.64. The minimum absolute atomic E-state index is 0.270. The van der Waals surface area contributed by atoms with E-state index in [9.17, 15) is 9.59 Å². The lowest BCUT2D eigenvalue weighted by Crippen LogP contribution is -2.34. The van der Waals surface area contributed by atoms with E-state index in [0.717, 1.165) is 0 Å². The van der Waals surface area contributed by atoms with Crippen molar-refractivity contribution >= 4 is 23.4 Å². The third-order valence-electron chi connectivity index (χ3n) is 3.46. The zero-order chi connectivity index (χ0) is 18.2. The zero-order valence-corrected chi connectivity index (χ0v) is 14.7. The van der Waals surface area contributed by atoms with E-state index in [1.165, 1.54) is 14.2 Å². The molecule has 2 amide bonds. The number of carbonyl (C=O) groups is 2. The number of rotatable bonds is 7. The van der Waals surface area contributed by atoms with E-state index >= 15 is 0 Å². The molecule has 0 heterocycles. The Balaban J connectivity index is 1.85. The van der Waals surface area contributed by atoms with Gasteiger partial charge in [0.1, 0.15) is 0 Å². The van der Waals surface area contributed by atoms with Gasteiger partial charge in [0.05, 0.1) is 24.8 Å². The molecule has 0 unspecified atom stereocenters. The quantitative estimate of drug-likeness (QED) is 0.742.